The Morgan fingerprint density at radius 1 is 1.33 bits per heavy atom. The lowest BCUT2D eigenvalue weighted by Crippen LogP contribution is -2.27. The summed E-state index contributed by atoms with van der Waals surface area (Å²) in [5.41, 5.74) is 5.26. The summed E-state index contributed by atoms with van der Waals surface area (Å²) in [6.45, 7) is 1.11. The van der Waals surface area contributed by atoms with E-state index in [1.807, 2.05) is 18.2 Å². The van der Waals surface area contributed by atoms with Gasteiger partial charge in [0.25, 0.3) is 0 Å². The highest BCUT2D eigenvalue weighted by molar-refractivity contribution is 7.99. The van der Waals surface area contributed by atoms with Crippen LogP contribution in [0.5, 0.6) is 0 Å². The molecule has 0 aromatic heterocycles. The number of thioether (sulfide) groups is 1. The van der Waals surface area contributed by atoms with Crippen molar-refractivity contribution in [3.63, 3.8) is 0 Å². The molecule has 1 aromatic rings. The van der Waals surface area contributed by atoms with Gasteiger partial charge < -0.3 is 11.1 Å². The monoisotopic (exact) mass is 224 g/mol. The summed E-state index contributed by atoms with van der Waals surface area (Å²) in [6, 6.07) is 10.1. The number of hydrogen-bond acceptors (Lipinski definition) is 3. The van der Waals surface area contributed by atoms with Gasteiger partial charge in [-0.05, 0) is 12.1 Å². The largest absolute Gasteiger partial charge is 0.355 e. The third-order valence-corrected chi connectivity index (χ3v) is 2.82. The Bertz CT molecular complexity index is 290. The highest BCUT2D eigenvalue weighted by Crippen LogP contribution is 2.15. The minimum Gasteiger partial charge on any atom is -0.355 e. The lowest BCUT2D eigenvalue weighted by atomic mass is 10.4. The Morgan fingerprint density at radius 2 is 2.07 bits per heavy atom. The number of amides is 1. The first-order valence-electron chi connectivity index (χ1n) is 4.97. The van der Waals surface area contributed by atoms with Crippen LogP contribution in [0.15, 0.2) is 35.2 Å². The SMILES string of the molecule is NCCC(=O)NCCSc1ccccc1. The quantitative estimate of drug-likeness (QED) is 0.564. The van der Waals surface area contributed by atoms with E-state index in [0.29, 0.717) is 19.5 Å². The van der Waals surface area contributed by atoms with Crippen LogP contribution in [0.2, 0.25) is 0 Å². The van der Waals surface area contributed by atoms with Gasteiger partial charge in [-0.1, -0.05) is 18.2 Å². The molecule has 4 heteroatoms. The summed E-state index contributed by atoms with van der Waals surface area (Å²) in [7, 11) is 0. The van der Waals surface area contributed by atoms with E-state index >= 15 is 0 Å². The number of carbonyl (C=O) groups excluding carboxylic acids is 1. The van der Waals surface area contributed by atoms with Crippen LogP contribution in [-0.4, -0.2) is 24.7 Å². The van der Waals surface area contributed by atoms with Crippen LogP contribution in [0.3, 0.4) is 0 Å². The van der Waals surface area contributed by atoms with Crippen molar-refractivity contribution in [3.05, 3.63) is 30.3 Å². The highest BCUT2D eigenvalue weighted by Gasteiger charge is 1.98. The molecule has 15 heavy (non-hydrogen) atoms. The van der Waals surface area contributed by atoms with Gasteiger partial charge in [-0.2, -0.15) is 0 Å². The van der Waals surface area contributed by atoms with Crippen molar-refractivity contribution in [2.24, 2.45) is 5.73 Å². The number of nitrogens with two attached hydrogens (primary N) is 1. The van der Waals surface area contributed by atoms with E-state index in [1.54, 1.807) is 11.8 Å². The van der Waals surface area contributed by atoms with Gasteiger partial charge >= 0.3 is 0 Å². The molecule has 1 aromatic carbocycles. The Kier molecular flexibility index (Phi) is 5.88. The molecule has 0 bridgehead atoms. The molecule has 0 heterocycles. The molecule has 0 aliphatic rings. The van der Waals surface area contributed by atoms with Crippen molar-refractivity contribution in [3.8, 4) is 0 Å². The molecule has 3 nitrogen and oxygen atoms in total. The second-order valence-corrected chi connectivity index (χ2v) is 4.22. The summed E-state index contributed by atoms with van der Waals surface area (Å²) in [4.78, 5) is 12.3. The fraction of sp³-hybridized carbons (Fsp3) is 0.364. The van der Waals surface area contributed by atoms with Crippen LogP contribution < -0.4 is 11.1 Å². The first-order chi connectivity index (χ1) is 7.33. The second kappa shape index (κ2) is 7.31. The summed E-state index contributed by atoms with van der Waals surface area (Å²) in [5, 5.41) is 2.81. The zero-order valence-corrected chi connectivity index (χ0v) is 9.43. The summed E-state index contributed by atoms with van der Waals surface area (Å²) < 4.78 is 0. The molecule has 0 radical (unpaired) electrons. The topological polar surface area (TPSA) is 55.1 Å². The van der Waals surface area contributed by atoms with Crippen LogP contribution in [0.4, 0.5) is 0 Å². The van der Waals surface area contributed by atoms with E-state index in [4.69, 9.17) is 5.73 Å². The lowest BCUT2D eigenvalue weighted by Gasteiger charge is -2.03. The Hall–Kier alpha value is -1.00. The smallest absolute Gasteiger partial charge is 0.221 e. The molecule has 0 saturated carbocycles. The van der Waals surface area contributed by atoms with Gasteiger partial charge in [-0.3, -0.25) is 4.79 Å². The maximum Gasteiger partial charge on any atom is 0.221 e. The first kappa shape index (κ1) is 12.1. The fourth-order valence-electron chi connectivity index (χ4n) is 1.10. The Balaban J connectivity index is 2.10. The predicted octanol–water partition coefficient (Wildman–Crippen LogP) is 1.24. The summed E-state index contributed by atoms with van der Waals surface area (Å²) >= 11 is 1.73. The number of benzene rings is 1. The molecule has 82 valence electrons. The Labute approximate surface area is 94.4 Å². The van der Waals surface area contributed by atoms with Gasteiger partial charge in [-0.15, -0.1) is 11.8 Å². The van der Waals surface area contributed by atoms with Gasteiger partial charge in [0.05, 0.1) is 0 Å². The van der Waals surface area contributed by atoms with Crippen LogP contribution in [0.1, 0.15) is 6.42 Å². The molecule has 0 unspecified atom stereocenters. The van der Waals surface area contributed by atoms with E-state index < -0.39 is 0 Å². The zero-order valence-electron chi connectivity index (χ0n) is 8.61. The molecular formula is C11H16N2OS. The summed E-state index contributed by atoms with van der Waals surface area (Å²) in [5.74, 6) is 0.923. The molecule has 0 atom stereocenters. The van der Waals surface area contributed by atoms with E-state index in [9.17, 15) is 4.79 Å². The standard InChI is InChI=1S/C11H16N2OS/c12-7-6-11(14)13-8-9-15-10-4-2-1-3-5-10/h1-5H,6-9,12H2,(H,13,14). The number of nitrogens with one attached hydrogen (secondary N) is 1. The van der Waals surface area contributed by atoms with Crippen molar-refractivity contribution in [1.29, 1.82) is 0 Å². The van der Waals surface area contributed by atoms with Crippen LogP contribution in [0.25, 0.3) is 0 Å². The normalized spacial score (nSPS) is 9.93. The van der Waals surface area contributed by atoms with Gasteiger partial charge in [0.15, 0.2) is 0 Å². The molecule has 0 spiro atoms. The Morgan fingerprint density at radius 3 is 2.73 bits per heavy atom. The zero-order chi connectivity index (χ0) is 10.9. The van der Waals surface area contributed by atoms with E-state index in [2.05, 4.69) is 17.4 Å². The van der Waals surface area contributed by atoms with Crippen molar-refractivity contribution >= 4 is 17.7 Å². The number of carbonyl (C=O) groups is 1. The summed E-state index contributed by atoms with van der Waals surface area (Å²) in [6.07, 6.45) is 0.413. The third kappa shape index (κ3) is 5.44. The van der Waals surface area contributed by atoms with Crippen molar-refractivity contribution in [2.45, 2.75) is 11.3 Å². The minimum atomic E-state index is 0.0335. The molecule has 0 fully saturated rings. The van der Waals surface area contributed by atoms with E-state index in [1.165, 1.54) is 4.90 Å². The fourth-order valence-corrected chi connectivity index (χ4v) is 1.88. The highest BCUT2D eigenvalue weighted by atomic mass is 32.2. The van der Waals surface area contributed by atoms with Gasteiger partial charge in [0.1, 0.15) is 0 Å². The predicted molar refractivity (Wildman–Crippen MR) is 63.8 cm³/mol. The van der Waals surface area contributed by atoms with Gasteiger partial charge in [-0.25, -0.2) is 0 Å². The van der Waals surface area contributed by atoms with Crippen molar-refractivity contribution in [2.75, 3.05) is 18.8 Å². The van der Waals surface area contributed by atoms with Gasteiger partial charge in [0.2, 0.25) is 5.91 Å². The minimum absolute atomic E-state index is 0.0335. The molecule has 0 aliphatic heterocycles. The molecule has 1 rings (SSSR count). The number of rotatable bonds is 6. The molecular weight excluding hydrogens is 208 g/mol. The van der Waals surface area contributed by atoms with E-state index in [-0.39, 0.29) is 5.91 Å². The number of hydrogen-bond donors (Lipinski definition) is 2. The average Bonchev–Trinajstić information content (AvgIpc) is 2.26. The maximum absolute atomic E-state index is 11.1. The molecule has 0 aliphatic carbocycles. The molecule has 0 saturated heterocycles. The maximum atomic E-state index is 11.1. The van der Waals surface area contributed by atoms with Crippen molar-refractivity contribution in [1.82, 2.24) is 5.32 Å². The third-order valence-electron chi connectivity index (χ3n) is 1.81. The lowest BCUT2D eigenvalue weighted by molar-refractivity contribution is -0.120. The van der Waals surface area contributed by atoms with Crippen LogP contribution >= 0.6 is 11.8 Å². The van der Waals surface area contributed by atoms with Gasteiger partial charge in [0, 0.05) is 30.2 Å². The molecule has 3 N–H and O–H groups in total. The average molecular weight is 224 g/mol. The van der Waals surface area contributed by atoms with Crippen LogP contribution in [0, 0.1) is 0 Å². The van der Waals surface area contributed by atoms with Crippen LogP contribution in [-0.2, 0) is 4.79 Å². The second-order valence-electron chi connectivity index (χ2n) is 3.05. The molecule has 1 amide bonds. The van der Waals surface area contributed by atoms with E-state index in [0.717, 1.165) is 5.75 Å². The first-order valence-corrected chi connectivity index (χ1v) is 5.96. The van der Waals surface area contributed by atoms with Crippen molar-refractivity contribution < 1.29 is 4.79 Å².